The number of allylic oxidation sites excluding steroid dienone is 1. The number of likely N-dealkylation sites (tertiary alicyclic amines) is 1. The van der Waals surface area contributed by atoms with Crippen molar-refractivity contribution in [2.75, 3.05) is 34.4 Å². The molecule has 0 amide bonds. The Labute approximate surface area is 317 Å². The van der Waals surface area contributed by atoms with Crippen LogP contribution in [0, 0.1) is 23.7 Å². The Kier molecular flexibility index (Phi) is 8.69. The van der Waals surface area contributed by atoms with Gasteiger partial charge in [0.15, 0.2) is 0 Å². The van der Waals surface area contributed by atoms with Gasteiger partial charge in [-0.15, -0.1) is 0 Å². The molecular formula is C45H54N4O5. The fourth-order valence-electron chi connectivity index (χ4n) is 12.5. The molecule has 6 heterocycles. The first-order valence-corrected chi connectivity index (χ1v) is 20.1. The molecule has 284 valence electrons. The minimum Gasteiger partial charge on any atom is -0.469 e. The van der Waals surface area contributed by atoms with Crippen molar-refractivity contribution in [3.63, 3.8) is 0 Å². The first-order valence-electron chi connectivity index (χ1n) is 20.1. The van der Waals surface area contributed by atoms with E-state index in [1.54, 1.807) is 6.92 Å². The third-order valence-electron chi connectivity index (χ3n) is 14.7. The molecule has 1 unspecified atom stereocenters. The SMILES string of the molecule is C/C=C1/CN(C)[C@H]2Cc3c([nH]c4ccccc34)[C@H](c3ccc4[nH]c5c(c4c3)CCN3[C@H]4[C@@H](CC)C[C@H](C[C@@]54C(=O)OC)[C@@H]3CC(C)=O)C[C@H]1[C@@H]2C(=O)OC. The normalized spacial score (nSPS) is 33.8. The highest BCUT2D eigenvalue weighted by Gasteiger charge is 2.65. The van der Waals surface area contributed by atoms with Crippen molar-refractivity contribution in [2.45, 2.75) is 95.2 Å². The molecule has 4 fully saturated rings. The molecule has 10 atom stereocenters. The minimum atomic E-state index is -0.821. The molecule has 9 heteroatoms. The van der Waals surface area contributed by atoms with Crippen LogP contribution in [0.15, 0.2) is 54.1 Å². The van der Waals surface area contributed by atoms with Crippen molar-refractivity contribution in [3.8, 4) is 0 Å². The molecule has 2 N–H and O–H groups in total. The molecule has 2 aromatic heterocycles. The number of methoxy groups -OCH3 is 2. The van der Waals surface area contributed by atoms with Gasteiger partial charge in [-0.1, -0.05) is 49.3 Å². The summed E-state index contributed by atoms with van der Waals surface area (Å²) >= 11 is 0. The molecule has 6 aliphatic rings. The molecule has 54 heavy (non-hydrogen) atoms. The Morgan fingerprint density at radius 1 is 1.00 bits per heavy atom. The van der Waals surface area contributed by atoms with Crippen LogP contribution < -0.4 is 0 Å². The van der Waals surface area contributed by atoms with Crippen LogP contribution >= 0.6 is 0 Å². The lowest BCUT2D eigenvalue weighted by Gasteiger charge is -2.61. The fourth-order valence-corrected chi connectivity index (χ4v) is 12.5. The highest BCUT2D eigenvalue weighted by atomic mass is 16.5. The van der Waals surface area contributed by atoms with Gasteiger partial charge in [-0.2, -0.15) is 0 Å². The summed E-state index contributed by atoms with van der Waals surface area (Å²) in [7, 11) is 5.20. The van der Waals surface area contributed by atoms with Gasteiger partial charge in [-0.25, -0.2) is 0 Å². The van der Waals surface area contributed by atoms with E-state index in [4.69, 9.17) is 9.47 Å². The van der Waals surface area contributed by atoms with Gasteiger partial charge in [0.2, 0.25) is 0 Å². The van der Waals surface area contributed by atoms with E-state index in [2.05, 4.69) is 89.2 Å². The van der Waals surface area contributed by atoms with Crippen LogP contribution in [0.4, 0.5) is 0 Å². The second-order valence-electron chi connectivity index (χ2n) is 17.1. The standard InChI is InChI=1S/C45H54N4O5/c1-7-25-18-28-22-45(44(52)54-6)41-30(15-16-49(42(25)45)37(28)17-24(3)50)33-19-27(13-14-36(33)47-41)32-20-31-26(8-2)23-48(4)38(39(31)43(51)53-5)21-34-29-11-9-10-12-35(29)46-40(32)34/h8-14,19,25,28,31-32,37-39,42,46-47H,7,15-18,20-23H2,1-6H3/b26-8-/t25-,28+,31+,32-,37-,38-,39-,42-,45+/m0/s1. The van der Waals surface area contributed by atoms with Crippen LogP contribution in [0.1, 0.15) is 86.9 Å². The number of aromatic amines is 2. The lowest BCUT2D eigenvalue weighted by Crippen LogP contribution is -2.70. The van der Waals surface area contributed by atoms with Crippen molar-refractivity contribution in [2.24, 2.45) is 23.7 Å². The van der Waals surface area contributed by atoms with Crippen LogP contribution in [-0.2, 0) is 42.1 Å². The molecule has 10 rings (SSSR count). The molecule has 1 saturated carbocycles. The summed E-state index contributed by atoms with van der Waals surface area (Å²) in [6, 6.07) is 15.6. The van der Waals surface area contributed by atoms with Crippen molar-refractivity contribution >= 4 is 39.5 Å². The summed E-state index contributed by atoms with van der Waals surface area (Å²) in [6.45, 7) is 7.67. The maximum absolute atomic E-state index is 14.4. The zero-order valence-corrected chi connectivity index (χ0v) is 32.5. The second-order valence-corrected chi connectivity index (χ2v) is 17.1. The van der Waals surface area contributed by atoms with Crippen LogP contribution in [-0.4, -0.2) is 90.0 Å². The first kappa shape index (κ1) is 35.5. The molecule has 3 saturated heterocycles. The number of nitrogens with one attached hydrogen (secondary N) is 2. The number of ether oxygens (including phenoxy) is 2. The zero-order chi connectivity index (χ0) is 37.6. The number of aromatic nitrogens is 2. The number of Topliss-reactive ketones (excluding diaryl/α,β-unsaturated/α-hetero) is 1. The number of benzene rings is 2. The van der Waals surface area contributed by atoms with Gasteiger partial charge in [0.1, 0.15) is 11.2 Å². The summed E-state index contributed by atoms with van der Waals surface area (Å²) in [6.07, 6.45) is 7.78. The summed E-state index contributed by atoms with van der Waals surface area (Å²) < 4.78 is 11.3. The molecule has 4 aromatic rings. The first-order chi connectivity index (χ1) is 26.1. The van der Waals surface area contributed by atoms with Gasteiger partial charge < -0.3 is 19.4 Å². The molecular weight excluding hydrogens is 677 g/mol. The summed E-state index contributed by atoms with van der Waals surface area (Å²) in [4.78, 5) is 53.4. The van der Waals surface area contributed by atoms with E-state index >= 15 is 0 Å². The Morgan fingerprint density at radius 2 is 1.80 bits per heavy atom. The number of hydrogen-bond acceptors (Lipinski definition) is 7. The van der Waals surface area contributed by atoms with Gasteiger partial charge in [0.25, 0.3) is 0 Å². The zero-order valence-electron chi connectivity index (χ0n) is 32.5. The smallest absolute Gasteiger partial charge is 0.319 e. The number of ketones is 1. The second kappa shape index (κ2) is 13.2. The summed E-state index contributed by atoms with van der Waals surface area (Å²) in [5, 5.41) is 2.37. The lowest BCUT2D eigenvalue weighted by molar-refractivity contribution is -0.169. The Balaban J connectivity index is 1.23. The van der Waals surface area contributed by atoms with E-state index in [0.717, 1.165) is 67.3 Å². The number of carbonyl (C=O) groups excluding carboxylic acids is 3. The number of hydrogen-bond donors (Lipinski definition) is 2. The van der Waals surface area contributed by atoms with E-state index in [9.17, 15) is 14.4 Å². The number of fused-ring (bicyclic) bond motifs is 9. The number of rotatable bonds is 6. The maximum Gasteiger partial charge on any atom is 0.319 e. The number of likely N-dealkylation sites (N-methyl/N-ethyl adjacent to an activating group) is 1. The van der Waals surface area contributed by atoms with Crippen molar-refractivity contribution < 1.29 is 23.9 Å². The van der Waals surface area contributed by atoms with E-state index < -0.39 is 5.41 Å². The summed E-state index contributed by atoms with van der Waals surface area (Å²) in [5.74, 6) is 0.248. The average molecular weight is 731 g/mol. The van der Waals surface area contributed by atoms with Crippen molar-refractivity contribution in [1.29, 1.82) is 0 Å². The van der Waals surface area contributed by atoms with E-state index in [0.29, 0.717) is 18.8 Å². The largest absolute Gasteiger partial charge is 0.469 e. The van der Waals surface area contributed by atoms with Crippen LogP contribution in [0.2, 0.25) is 0 Å². The molecule has 2 aliphatic carbocycles. The number of esters is 2. The Hall–Kier alpha value is -4.21. The lowest BCUT2D eigenvalue weighted by atomic mass is 9.54. The van der Waals surface area contributed by atoms with Crippen molar-refractivity contribution in [3.05, 3.63) is 82.2 Å². The number of carbonyl (C=O) groups is 3. The third-order valence-corrected chi connectivity index (χ3v) is 14.7. The monoisotopic (exact) mass is 730 g/mol. The number of nitrogens with zero attached hydrogens (tertiary/aromatic N) is 2. The molecule has 0 spiro atoms. The Bertz CT molecular complexity index is 2200. The topological polar surface area (TPSA) is 108 Å². The van der Waals surface area contributed by atoms with E-state index in [1.807, 2.05) is 0 Å². The molecule has 0 radical (unpaired) electrons. The van der Waals surface area contributed by atoms with Gasteiger partial charge >= 0.3 is 11.9 Å². The molecule has 6 bridgehead atoms. The molecule has 9 nitrogen and oxygen atoms in total. The van der Waals surface area contributed by atoms with Gasteiger partial charge in [0, 0.05) is 76.7 Å². The van der Waals surface area contributed by atoms with E-state index in [-0.39, 0.29) is 59.5 Å². The van der Waals surface area contributed by atoms with Crippen LogP contribution in [0.25, 0.3) is 21.8 Å². The fraction of sp³-hybridized carbons (Fsp3) is 0.533. The summed E-state index contributed by atoms with van der Waals surface area (Å²) in [5.41, 5.74) is 8.55. The quantitative estimate of drug-likeness (QED) is 0.166. The third kappa shape index (κ3) is 5.06. The minimum absolute atomic E-state index is 0.00238. The van der Waals surface area contributed by atoms with Crippen molar-refractivity contribution in [1.82, 2.24) is 19.8 Å². The van der Waals surface area contributed by atoms with Gasteiger partial charge in [-0.05, 0) is 106 Å². The number of piperidine rings is 3. The van der Waals surface area contributed by atoms with E-state index in [1.165, 1.54) is 47.6 Å². The number of H-pyrrole nitrogens is 2. The van der Waals surface area contributed by atoms with Gasteiger partial charge in [0.05, 0.1) is 20.1 Å². The van der Waals surface area contributed by atoms with Crippen LogP contribution in [0.5, 0.6) is 0 Å². The average Bonchev–Trinajstić information content (AvgIpc) is 3.69. The predicted octanol–water partition coefficient (Wildman–Crippen LogP) is 6.83. The van der Waals surface area contributed by atoms with Gasteiger partial charge in [-0.3, -0.25) is 24.2 Å². The highest BCUT2D eigenvalue weighted by Crippen LogP contribution is 2.58. The predicted molar refractivity (Wildman–Crippen MR) is 209 cm³/mol. The highest BCUT2D eigenvalue weighted by molar-refractivity contribution is 5.93. The maximum atomic E-state index is 14.4. The number of para-hydroxylation sites is 1. The molecule has 4 aliphatic heterocycles. The van der Waals surface area contributed by atoms with Crippen LogP contribution in [0.3, 0.4) is 0 Å². The molecule has 2 aromatic carbocycles. The Morgan fingerprint density at radius 3 is 2.54 bits per heavy atom.